The van der Waals surface area contributed by atoms with Crippen LogP contribution in [0.3, 0.4) is 0 Å². The summed E-state index contributed by atoms with van der Waals surface area (Å²) in [6, 6.07) is 6.05. The van der Waals surface area contributed by atoms with Crippen LogP contribution in [0.1, 0.15) is 39.7 Å². The molecule has 0 aromatic heterocycles. The van der Waals surface area contributed by atoms with Crippen molar-refractivity contribution in [3.8, 4) is 11.5 Å². The first-order valence-corrected chi connectivity index (χ1v) is 8.17. The van der Waals surface area contributed by atoms with Gasteiger partial charge in [0.15, 0.2) is 17.5 Å². The lowest BCUT2D eigenvalue weighted by Gasteiger charge is -2.23. The molecule has 0 radical (unpaired) electrons. The molecule has 5 heteroatoms. The molecule has 0 aliphatic heterocycles. The van der Waals surface area contributed by atoms with Crippen molar-refractivity contribution in [1.82, 2.24) is 10.6 Å². The van der Waals surface area contributed by atoms with E-state index in [1.165, 1.54) is 5.56 Å². The van der Waals surface area contributed by atoms with Gasteiger partial charge in [-0.25, -0.2) is 0 Å². The average molecular weight is 321 g/mol. The first kappa shape index (κ1) is 19.1. The summed E-state index contributed by atoms with van der Waals surface area (Å²) in [6.07, 6.45) is 1.94. The number of hydrogen-bond acceptors (Lipinski definition) is 3. The molecule has 0 aliphatic carbocycles. The van der Waals surface area contributed by atoms with E-state index in [1.54, 1.807) is 14.2 Å². The Morgan fingerprint density at radius 3 is 2.39 bits per heavy atom. The second-order valence-corrected chi connectivity index (χ2v) is 6.43. The predicted molar refractivity (Wildman–Crippen MR) is 96.7 cm³/mol. The number of benzene rings is 1. The molecule has 130 valence electrons. The largest absolute Gasteiger partial charge is 0.493 e. The van der Waals surface area contributed by atoms with Gasteiger partial charge in [0.2, 0.25) is 0 Å². The fourth-order valence-electron chi connectivity index (χ4n) is 2.17. The van der Waals surface area contributed by atoms with Crippen molar-refractivity contribution in [2.45, 2.75) is 46.1 Å². The van der Waals surface area contributed by atoms with Crippen LogP contribution in [0.15, 0.2) is 23.2 Å². The third kappa shape index (κ3) is 7.26. The van der Waals surface area contributed by atoms with Crippen LogP contribution in [0.25, 0.3) is 0 Å². The topological polar surface area (TPSA) is 54.9 Å². The van der Waals surface area contributed by atoms with Gasteiger partial charge in [0.05, 0.1) is 14.2 Å². The van der Waals surface area contributed by atoms with E-state index in [0.29, 0.717) is 0 Å². The lowest BCUT2D eigenvalue weighted by atomic mass is 10.1. The minimum Gasteiger partial charge on any atom is -0.493 e. The minimum atomic E-state index is 0.00432. The maximum atomic E-state index is 5.34. The molecule has 1 rings (SSSR count). The van der Waals surface area contributed by atoms with Gasteiger partial charge in [-0.2, -0.15) is 0 Å². The normalized spacial score (nSPS) is 12.0. The Kier molecular flexibility index (Phi) is 7.72. The SMILES string of the molecule is CCNC(=NCCCc1ccc(OC)c(OC)c1)NC(C)(C)C. The standard InChI is InChI=1S/C18H31N3O2/c1-7-19-17(21-18(2,3)4)20-12-8-9-14-10-11-15(22-5)16(13-14)23-6/h10-11,13H,7-9,12H2,1-6H3,(H2,19,20,21). The molecular formula is C18H31N3O2. The third-order valence-electron chi connectivity index (χ3n) is 3.18. The molecule has 0 aliphatic rings. The van der Waals surface area contributed by atoms with Gasteiger partial charge in [-0.15, -0.1) is 0 Å². The molecule has 23 heavy (non-hydrogen) atoms. The van der Waals surface area contributed by atoms with Crippen LogP contribution >= 0.6 is 0 Å². The number of guanidine groups is 1. The Hall–Kier alpha value is -1.91. The van der Waals surface area contributed by atoms with Crippen molar-refractivity contribution >= 4 is 5.96 Å². The number of aryl methyl sites for hydroxylation is 1. The first-order chi connectivity index (χ1) is 10.9. The van der Waals surface area contributed by atoms with E-state index in [9.17, 15) is 0 Å². The van der Waals surface area contributed by atoms with Crippen LogP contribution in [0, 0.1) is 0 Å². The van der Waals surface area contributed by atoms with E-state index in [4.69, 9.17) is 9.47 Å². The summed E-state index contributed by atoms with van der Waals surface area (Å²) in [5.41, 5.74) is 1.23. The molecule has 0 bridgehead atoms. The summed E-state index contributed by atoms with van der Waals surface area (Å²) < 4.78 is 10.6. The zero-order chi connectivity index (χ0) is 17.3. The maximum Gasteiger partial charge on any atom is 0.191 e. The van der Waals surface area contributed by atoms with Crippen molar-refractivity contribution in [3.63, 3.8) is 0 Å². The Balaban J connectivity index is 2.56. The van der Waals surface area contributed by atoms with Gasteiger partial charge < -0.3 is 20.1 Å². The van der Waals surface area contributed by atoms with E-state index in [1.807, 2.05) is 12.1 Å². The number of methoxy groups -OCH3 is 2. The average Bonchev–Trinajstić information content (AvgIpc) is 2.50. The van der Waals surface area contributed by atoms with Crippen molar-refractivity contribution in [3.05, 3.63) is 23.8 Å². The molecule has 0 amide bonds. The highest BCUT2D eigenvalue weighted by Crippen LogP contribution is 2.27. The number of hydrogen-bond donors (Lipinski definition) is 2. The van der Waals surface area contributed by atoms with Gasteiger partial charge in [0.1, 0.15) is 0 Å². The molecule has 0 fully saturated rings. The number of nitrogens with one attached hydrogen (secondary N) is 2. The lowest BCUT2D eigenvalue weighted by molar-refractivity contribution is 0.354. The molecule has 0 heterocycles. The minimum absolute atomic E-state index is 0.00432. The van der Waals surface area contributed by atoms with Crippen molar-refractivity contribution in [2.75, 3.05) is 27.3 Å². The van der Waals surface area contributed by atoms with E-state index in [2.05, 4.69) is 49.4 Å². The van der Waals surface area contributed by atoms with Gasteiger partial charge in [0, 0.05) is 18.6 Å². The van der Waals surface area contributed by atoms with E-state index >= 15 is 0 Å². The van der Waals surface area contributed by atoms with E-state index in [-0.39, 0.29) is 5.54 Å². The van der Waals surface area contributed by atoms with Crippen LogP contribution in [0.5, 0.6) is 11.5 Å². The van der Waals surface area contributed by atoms with E-state index < -0.39 is 0 Å². The molecule has 0 saturated heterocycles. The molecule has 0 atom stereocenters. The number of ether oxygens (including phenoxy) is 2. The zero-order valence-electron chi connectivity index (χ0n) is 15.3. The van der Waals surface area contributed by atoms with Gasteiger partial charge in [0.25, 0.3) is 0 Å². The molecular weight excluding hydrogens is 290 g/mol. The maximum absolute atomic E-state index is 5.34. The molecule has 0 unspecified atom stereocenters. The zero-order valence-corrected chi connectivity index (χ0v) is 15.3. The van der Waals surface area contributed by atoms with Crippen LogP contribution in [-0.2, 0) is 6.42 Å². The third-order valence-corrected chi connectivity index (χ3v) is 3.18. The molecule has 1 aromatic rings. The Morgan fingerprint density at radius 2 is 1.83 bits per heavy atom. The summed E-state index contributed by atoms with van der Waals surface area (Å²) in [7, 11) is 3.31. The lowest BCUT2D eigenvalue weighted by Crippen LogP contribution is -2.47. The van der Waals surface area contributed by atoms with Crippen LogP contribution < -0.4 is 20.1 Å². The second kappa shape index (κ2) is 9.28. The van der Waals surface area contributed by atoms with Crippen LogP contribution in [-0.4, -0.2) is 38.8 Å². The Bertz CT molecular complexity index is 507. The summed E-state index contributed by atoms with van der Waals surface area (Å²) >= 11 is 0. The van der Waals surface area contributed by atoms with Gasteiger partial charge in [-0.1, -0.05) is 6.07 Å². The molecule has 0 saturated carbocycles. The van der Waals surface area contributed by atoms with Crippen LogP contribution in [0.2, 0.25) is 0 Å². The van der Waals surface area contributed by atoms with Crippen molar-refractivity contribution in [2.24, 2.45) is 4.99 Å². The van der Waals surface area contributed by atoms with Crippen LogP contribution in [0.4, 0.5) is 0 Å². The smallest absolute Gasteiger partial charge is 0.191 e. The second-order valence-electron chi connectivity index (χ2n) is 6.43. The predicted octanol–water partition coefficient (Wildman–Crippen LogP) is 2.99. The molecule has 2 N–H and O–H groups in total. The highest BCUT2D eigenvalue weighted by molar-refractivity contribution is 5.80. The number of rotatable bonds is 7. The van der Waals surface area contributed by atoms with Gasteiger partial charge in [-0.05, 0) is 58.2 Å². The monoisotopic (exact) mass is 321 g/mol. The van der Waals surface area contributed by atoms with Gasteiger partial charge in [-0.3, -0.25) is 4.99 Å². The highest BCUT2D eigenvalue weighted by atomic mass is 16.5. The summed E-state index contributed by atoms with van der Waals surface area (Å²) in [5.74, 6) is 2.40. The van der Waals surface area contributed by atoms with E-state index in [0.717, 1.165) is 43.4 Å². The van der Waals surface area contributed by atoms with Gasteiger partial charge >= 0.3 is 0 Å². The summed E-state index contributed by atoms with van der Waals surface area (Å²) in [5, 5.41) is 6.66. The fraction of sp³-hybridized carbons (Fsp3) is 0.611. The molecule has 1 aromatic carbocycles. The Morgan fingerprint density at radius 1 is 1.13 bits per heavy atom. The molecule has 0 spiro atoms. The number of aliphatic imine (C=N–C) groups is 1. The van der Waals surface area contributed by atoms with Crippen molar-refractivity contribution in [1.29, 1.82) is 0 Å². The Labute approximate surface area is 140 Å². The highest BCUT2D eigenvalue weighted by Gasteiger charge is 2.11. The summed E-state index contributed by atoms with van der Waals surface area (Å²) in [6.45, 7) is 10.1. The fourth-order valence-corrected chi connectivity index (χ4v) is 2.17. The first-order valence-electron chi connectivity index (χ1n) is 8.17. The summed E-state index contributed by atoms with van der Waals surface area (Å²) in [4.78, 5) is 4.63. The quantitative estimate of drug-likeness (QED) is 0.460. The molecule has 5 nitrogen and oxygen atoms in total. The van der Waals surface area contributed by atoms with Crippen molar-refractivity contribution < 1.29 is 9.47 Å². The number of nitrogens with zero attached hydrogens (tertiary/aromatic N) is 1.